The molecule has 0 aliphatic heterocycles. The molecule has 2 aromatic carbocycles. The Labute approximate surface area is 295 Å². The Bertz CT molecular complexity index is 1560. The first-order valence-corrected chi connectivity index (χ1v) is 16.3. The summed E-state index contributed by atoms with van der Waals surface area (Å²) in [6.45, 7) is 4.56. The van der Waals surface area contributed by atoms with Crippen molar-refractivity contribution in [3.63, 3.8) is 0 Å². The Kier molecular flexibility index (Phi) is 17.4. The quantitative estimate of drug-likeness (QED) is 0.0451. The van der Waals surface area contributed by atoms with Gasteiger partial charge in [0, 0.05) is 13.3 Å². The van der Waals surface area contributed by atoms with Crippen molar-refractivity contribution >= 4 is 47.6 Å². The first-order chi connectivity index (χ1) is 24.2. The van der Waals surface area contributed by atoms with Crippen molar-refractivity contribution in [2.45, 2.75) is 89.7 Å². The fraction of sp³-hybridized carbons (Fsp3) is 0.429. The number of benzene rings is 2. The first kappa shape index (κ1) is 41.4. The van der Waals surface area contributed by atoms with Gasteiger partial charge in [-0.15, -0.1) is 0 Å². The molecule has 0 fully saturated rings. The van der Waals surface area contributed by atoms with Crippen LogP contribution in [0.5, 0.6) is 0 Å². The average molecular weight is 708 g/mol. The van der Waals surface area contributed by atoms with Crippen molar-refractivity contribution in [3.05, 3.63) is 77.3 Å². The molecule has 0 radical (unpaired) electrons. The fourth-order valence-corrected chi connectivity index (χ4v) is 4.94. The molecule has 0 aliphatic carbocycles. The van der Waals surface area contributed by atoms with E-state index in [4.69, 9.17) is 16.0 Å². The van der Waals surface area contributed by atoms with Crippen LogP contribution in [-0.2, 0) is 51.3 Å². The van der Waals surface area contributed by atoms with Gasteiger partial charge in [-0.05, 0) is 36.3 Å². The van der Waals surface area contributed by atoms with Crippen molar-refractivity contribution in [2.75, 3.05) is 0 Å². The van der Waals surface area contributed by atoms with Gasteiger partial charge in [-0.2, -0.15) is 4.79 Å². The van der Waals surface area contributed by atoms with Gasteiger partial charge in [0.1, 0.15) is 36.8 Å². The van der Waals surface area contributed by atoms with Gasteiger partial charge in [-0.25, -0.2) is 0 Å². The zero-order valence-electron chi connectivity index (χ0n) is 28.7. The van der Waals surface area contributed by atoms with Crippen molar-refractivity contribution in [1.82, 2.24) is 21.3 Å². The Morgan fingerprint density at radius 1 is 0.804 bits per heavy atom. The molecular weight excluding hydrogens is 662 g/mol. The van der Waals surface area contributed by atoms with E-state index in [-0.39, 0.29) is 32.3 Å². The standard InChI is InChI=1S/C35H45N7O9/c1-21(2)31(42-33(48)28(39-22(3)43)17-23-11-6-4-7-12-23)34(49)40-26(32(47)41-27(18-30(45)46)29(44)19-38-37)16-10-15-25(36)35(50)51-20-24-13-8-5-9-14-24/h4-9,11-14,19,21,25-28,31H,10,15-18,20,36H2,1-3H3,(H,39,43)(H,40,49)(H,41,47)(H,42,48)(H,45,46)/t25?,26-,27?,28-,31-/m0/s1. The number of nitrogens with zero attached hydrogens (tertiary/aromatic N) is 2. The van der Waals surface area contributed by atoms with Crippen LogP contribution in [0.25, 0.3) is 5.53 Å². The number of carboxylic acids is 1. The van der Waals surface area contributed by atoms with Gasteiger partial charge in [0.05, 0.1) is 6.42 Å². The number of ether oxygens (including phenoxy) is 1. The van der Waals surface area contributed by atoms with Crippen LogP contribution >= 0.6 is 0 Å². The summed E-state index contributed by atoms with van der Waals surface area (Å²) in [6.07, 6.45) is -0.284. The predicted molar refractivity (Wildman–Crippen MR) is 183 cm³/mol. The summed E-state index contributed by atoms with van der Waals surface area (Å²) in [5, 5.41) is 19.3. The van der Waals surface area contributed by atoms with E-state index in [2.05, 4.69) is 26.1 Å². The van der Waals surface area contributed by atoms with E-state index in [1.54, 1.807) is 68.4 Å². The summed E-state index contributed by atoms with van der Waals surface area (Å²) in [6, 6.07) is 11.5. The molecule has 4 amide bonds. The lowest BCUT2D eigenvalue weighted by Gasteiger charge is -2.28. The molecule has 0 saturated heterocycles. The van der Waals surface area contributed by atoms with Crippen molar-refractivity contribution < 1.29 is 48.2 Å². The molecule has 5 atom stereocenters. The number of aliphatic carboxylic acids is 1. The summed E-state index contributed by atoms with van der Waals surface area (Å²) in [5.41, 5.74) is 16.3. The Balaban J connectivity index is 2.23. The number of rotatable bonds is 21. The maximum atomic E-state index is 13.7. The highest BCUT2D eigenvalue weighted by atomic mass is 16.5. The SMILES string of the molecule is CC(=O)N[C@@H](Cc1ccccc1)C(=O)N[C@H](C(=O)N[C@@H](CCCC(N)C(=O)OCc1ccccc1)C(=O)NC(CC(=O)O)C(=O)C=[N+]=[N-])C(C)C. The third-order valence-electron chi connectivity index (χ3n) is 7.61. The maximum Gasteiger partial charge on any atom is 0.325 e. The number of nitrogens with two attached hydrogens (primary N) is 1. The average Bonchev–Trinajstić information content (AvgIpc) is 3.08. The highest BCUT2D eigenvalue weighted by Crippen LogP contribution is 2.11. The minimum Gasteiger partial charge on any atom is -0.481 e. The lowest BCUT2D eigenvalue weighted by Crippen LogP contribution is -2.59. The molecule has 0 saturated carbocycles. The van der Waals surface area contributed by atoms with Crippen LogP contribution in [0.3, 0.4) is 0 Å². The van der Waals surface area contributed by atoms with Crippen molar-refractivity contribution in [1.29, 1.82) is 0 Å². The highest BCUT2D eigenvalue weighted by Gasteiger charge is 2.33. The van der Waals surface area contributed by atoms with Gasteiger partial charge in [0.15, 0.2) is 0 Å². The molecule has 2 unspecified atom stereocenters. The third-order valence-corrected chi connectivity index (χ3v) is 7.61. The molecule has 16 nitrogen and oxygen atoms in total. The zero-order chi connectivity index (χ0) is 37.9. The van der Waals surface area contributed by atoms with E-state index in [0.29, 0.717) is 6.21 Å². The van der Waals surface area contributed by atoms with Crippen LogP contribution in [0, 0.1) is 5.92 Å². The predicted octanol–water partition coefficient (Wildman–Crippen LogP) is 0.430. The molecule has 2 rings (SSSR count). The van der Waals surface area contributed by atoms with Gasteiger partial charge in [0.2, 0.25) is 23.6 Å². The van der Waals surface area contributed by atoms with Crippen LogP contribution in [0.15, 0.2) is 60.7 Å². The van der Waals surface area contributed by atoms with Crippen LogP contribution < -0.4 is 27.0 Å². The maximum absolute atomic E-state index is 13.7. The number of esters is 1. The number of amides is 4. The number of ketones is 1. The lowest BCUT2D eigenvalue weighted by molar-refractivity contribution is -0.146. The minimum absolute atomic E-state index is 0.00104. The van der Waals surface area contributed by atoms with E-state index in [9.17, 15) is 38.7 Å². The molecular formula is C35H45N7O9. The Hall–Kier alpha value is -5.73. The van der Waals surface area contributed by atoms with E-state index < -0.39 is 83.9 Å². The lowest BCUT2D eigenvalue weighted by atomic mass is 9.99. The molecule has 51 heavy (non-hydrogen) atoms. The molecule has 2 aromatic rings. The second kappa shape index (κ2) is 21.4. The summed E-state index contributed by atoms with van der Waals surface area (Å²) in [4.78, 5) is 91.3. The summed E-state index contributed by atoms with van der Waals surface area (Å²) >= 11 is 0. The number of nitrogens with one attached hydrogen (secondary N) is 4. The van der Waals surface area contributed by atoms with E-state index >= 15 is 0 Å². The van der Waals surface area contributed by atoms with E-state index in [1.807, 2.05) is 6.07 Å². The monoisotopic (exact) mass is 707 g/mol. The van der Waals surface area contributed by atoms with Crippen LogP contribution in [-0.4, -0.2) is 87.7 Å². The molecule has 16 heteroatoms. The Morgan fingerprint density at radius 3 is 1.92 bits per heavy atom. The third kappa shape index (κ3) is 15.1. The molecule has 274 valence electrons. The zero-order valence-corrected chi connectivity index (χ0v) is 28.7. The number of carboxylic acid groups (broad SMARTS) is 1. The normalized spacial score (nSPS) is 13.6. The van der Waals surface area contributed by atoms with Crippen LogP contribution in [0.1, 0.15) is 57.6 Å². The number of Topliss-reactive ketones (excluding diaryl/α,β-unsaturated/α-hetero) is 1. The van der Waals surface area contributed by atoms with Gasteiger partial charge >= 0.3 is 18.2 Å². The topological polar surface area (TPSA) is 259 Å². The first-order valence-electron chi connectivity index (χ1n) is 16.3. The summed E-state index contributed by atoms with van der Waals surface area (Å²) in [7, 11) is 0. The number of carbonyl (C=O) groups excluding carboxylic acids is 6. The van der Waals surface area contributed by atoms with Gasteiger partial charge < -0.3 is 42.4 Å². The minimum atomic E-state index is -1.64. The smallest absolute Gasteiger partial charge is 0.325 e. The largest absolute Gasteiger partial charge is 0.481 e. The molecule has 0 heterocycles. The molecule has 0 aromatic heterocycles. The molecule has 0 spiro atoms. The summed E-state index contributed by atoms with van der Waals surface area (Å²) < 4.78 is 5.27. The van der Waals surface area contributed by atoms with Crippen LogP contribution in [0.2, 0.25) is 0 Å². The van der Waals surface area contributed by atoms with Gasteiger partial charge in [-0.1, -0.05) is 74.5 Å². The molecule has 7 N–H and O–H groups in total. The fourth-order valence-electron chi connectivity index (χ4n) is 4.94. The van der Waals surface area contributed by atoms with E-state index in [0.717, 1.165) is 11.1 Å². The number of hydrogen-bond donors (Lipinski definition) is 6. The van der Waals surface area contributed by atoms with Crippen molar-refractivity contribution in [2.24, 2.45) is 11.7 Å². The van der Waals surface area contributed by atoms with Gasteiger partial charge in [-0.3, -0.25) is 33.6 Å². The van der Waals surface area contributed by atoms with Crippen LogP contribution in [0.4, 0.5) is 0 Å². The molecule has 0 aliphatic rings. The second-order valence-corrected chi connectivity index (χ2v) is 12.2. The number of carbonyl (C=O) groups is 7. The molecule has 0 bridgehead atoms. The Morgan fingerprint density at radius 2 is 1.37 bits per heavy atom. The summed E-state index contributed by atoms with van der Waals surface area (Å²) in [5.74, 6) is -6.52. The van der Waals surface area contributed by atoms with Crippen molar-refractivity contribution in [3.8, 4) is 0 Å². The number of hydrogen-bond acceptors (Lipinski definition) is 9. The second-order valence-electron chi connectivity index (χ2n) is 12.2. The van der Waals surface area contributed by atoms with Gasteiger partial charge in [0.25, 0.3) is 5.78 Å². The highest BCUT2D eigenvalue weighted by molar-refractivity contribution is 6.28. The van der Waals surface area contributed by atoms with E-state index in [1.165, 1.54) is 6.92 Å².